The number of anilines is 2. The molecule has 0 unspecified atom stereocenters. The van der Waals surface area contributed by atoms with E-state index in [0.29, 0.717) is 34.9 Å². The van der Waals surface area contributed by atoms with Gasteiger partial charge >= 0.3 is 0 Å². The van der Waals surface area contributed by atoms with Crippen LogP contribution < -0.4 is 10.2 Å². The van der Waals surface area contributed by atoms with Gasteiger partial charge in [0.2, 0.25) is 17.7 Å². The van der Waals surface area contributed by atoms with Crippen molar-refractivity contribution >= 4 is 40.7 Å². The lowest BCUT2D eigenvalue weighted by atomic mass is 9.75. The molecule has 1 N–H and O–H groups in total. The van der Waals surface area contributed by atoms with Crippen molar-refractivity contribution in [3.63, 3.8) is 0 Å². The van der Waals surface area contributed by atoms with E-state index in [-0.39, 0.29) is 17.9 Å². The number of carbonyl (C=O) groups is 3. The monoisotopic (exact) mass is 425 g/mol. The Bertz CT molecular complexity index is 1140. The van der Waals surface area contributed by atoms with Crippen LogP contribution in [0.1, 0.15) is 18.4 Å². The van der Waals surface area contributed by atoms with Crippen molar-refractivity contribution in [3.8, 4) is 0 Å². The molecule has 6 rings (SSSR count). The van der Waals surface area contributed by atoms with Crippen LogP contribution in [0.15, 0.2) is 42.5 Å². The summed E-state index contributed by atoms with van der Waals surface area (Å²) in [7, 11) is 0. The predicted molar refractivity (Wildman–Crippen MR) is 107 cm³/mol. The van der Waals surface area contributed by atoms with Gasteiger partial charge < -0.3 is 5.32 Å². The first-order valence-electron chi connectivity index (χ1n) is 9.96. The largest absolute Gasteiger partial charge is 0.324 e. The fourth-order valence-corrected chi connectivity index (χ4v) is 6.15. The number of imide groups is 1. The van der Waals surface area contributed by atoms with Gasteiger partial charge in [-0.15, -0.1) is 0 Å². The first kappa shape index (κ1) is 18.0. The fourth-order valence-electron chi connectivity index (χ4n) is 6.02. The molecular weight excluding hydrogens is 409 g/mol. The average Bonchev–Trinajstić information content (AvgIpc) is 3.42. The SMILES string of the molecule is O=C1[C@H]2[C@H]3CCCN3[C@@]3(C(=O)Nc4ccc(F)cc43)[C@@H]2C(=O)N1c1ccc(Cl)cc1. The third-order valence-electron chi connectivity index (χ3n) is 7.04. The lowest BCUT2D eigenvalue weighted by molar-refractivity contribution is -0.135. The lowest BCUT2D eigenvalue weighted by Crippen LogP contribution is -2.54. The standard InChI is InChI=1S/C22H17ClFN3O3/c23-11-3-6-13(7-4-11)27-19(28)17-16-2-1-9-26(16)22(18(17)20(27)29)14-10-12(24)5-8-15(14)25-21(22)30/h3-8,10,16-18H,1-2,9H2,(H,25,30)/t16-,17+,18+,22-/m1/s1. The zero-order valence-corrected chi connectivity index (χ0v) is 16.5. The van der Waals surface area contributed by atoms with Gasteiger partial charge in [0, 0.05) is 22.3 Å². The van der Waals surface area contributed by atoms with Crippen LogP contribution >= 0.6 is 11.6 Å². The minimum atomic E-state index is -1.36. The fraction of sp³-hybridized carbons (Fsp3) is 0.318. The molecule has 1 spiro atoms. The summed E-state index contributed by atoms with van der Waals surface area (Å²) in [5.74, 6) is -3.10. The van der Waals surface area contributed by atoms with Crippen LogP contribution in [0.5, 0.6) is 0 Å². The zero-order valence-electron chi connectivity index (χ0n) is 15.8. The molecule has 0 bridgehead atoms. The topological polar surface area (TPSA) is 69.7 Å². The summed E-state index contributed by atoms with van der Waals surface area (Å²) >= 11 is 5.97. The van der Waals surface area contributed by atoms with Crippen molar-refractivity contribution in [2.24, 2.45) is 11.8 Å². The molecule has 0 aromatic heterocycles. The molecule has 4 aliphatic rings. The Morgan fingerprint density at radius 1 is 1.07 bits per heavy atom. The molecule has 2 aromatic carbocycles. The summed E-state index contributed by atoms with van der Waals surface area (Å²) in [5, 5.41) is 3.33. The maximum atomic E-state index is 14.2. The molecule has 0 saturated carbocycles. The number of hydrogen-bond donors (Lipinski definition) is 1. The van der Waals surface area contributed by atoms with E-state index in [2.05, 4.69) is 5.32 Å². The minimum absolute atomic E-state index is 0.233. The maximum absolute atomic E-state index is 14.2. The zero-order chi connectivity index (χ0) is 20.8. The molecule has 3 saturated heterocycles. The highest BCUT2D eigenvalue weighted by atomic mass is 35.5. The lowest BCUT2D eigenvalue weighted by Gasteiger charge is -2.36. The molecule has 4 atom stereocenters. The van der Waals surface area contributed by atoms with Gasteiger partial charge in [0.05, 0.1) is 17.5 Å². The molecule has 0 aliphatic carbocycles. The van der Waals surface area contributed by atoms with Crippen molar-refractivity contribution in [1.82, 2.24) is 4.90 Å². The highest BCUT2D eigenvalue weighted by Gasteiger charge is 2.74. The van der Waals surface area contributed by atoms with E-state index < -0.39 is 29.1 Å². The molecule has 152 valence electrons. The van der Waals surface area contributed by atoms with E-state index in [1.165, 1.54) is 23.1 Å². The Balaban J connectivity index is 1.56. The van der Waals surface area contributed by atoms with Crippen LogP contribution in [0.2, 0.25) is 5.02 Å². The van der Waals surface area contributed by atoms with E-state index in [0.717, 1.165) is 6.42 Å². The number of fused-ring (bicyclic) bond motifs is 7. The second kappa shape index (κ2) is 5.89. The summed E-state index contributed by atoms with van der Waals surface area (Å²) in [6.45, 7) is 0.586. The van der Waals surface area contributed by atoms with Gasteiger partial charge in [-0.05, 0) is 61.9 Å². The van der Waals surface area contributed by atoms with Crippen molar-refractivity contribution in [2.75, 3.05) is 16.8 Å². The van der Waals surface area contributed by atoms with Crippen LogP contribution in [0.3, 0.4) is 0 Å². The first-order valence-corrected chi connectivity index (χ1v) is 10.3. The molecule has 30 heavy (non-hydrogen) atoms. The van der Waals surface area contributed by atoms with Gasteiger partial charge in [0.15, 0.2) is 0 Å². The second-order valence-electron chi connectivity index (χ2n) is 8.31. The first-order chi connectivity index (χ1) is 14.4. The third-order valence-corrected chi connectivity index (χ3v) is 7.29. The molecule has 4 aliphatic heterocycles. The molecule has 3 amide bonds. The average molecular weight is 426 g/mol. The van der Waals surface area contributed by atoms with E-state index in [1.54, 1.807) is 24.3 Å². The van der Waals surface area contributed by atoms with Gasteiger partial charge in [0.1, 0.15) is 11.4 Å². The number of nitrogens with one attached hydrogen (secondary N) is 1. The van der Waals surface area contributed by atoms with E-state index in [1.807, 2.05) is 4.90 Å². The van der Waals surface area contributed by atoms with Crippen LogP contribution in [0.25, 0.3) is 0 Å². The number of amides is 3. The molecule has 6 nitrogen and oxygen atoms in total. The Morgan fingerprint density at radius 2 is 1.83 bits per heavy atom. The molecule has 8 heteroatoms. The Hall–Kier alpha value is -2.77. The number of halogens is 2. The minimum Gasteiger partial charge on any atom is -0.324 e. The predicted octanol–water partition coefficient (Wildman–Crippen LogP) is 2.91. The van der Waals surface area contributed by atoms with Crippen molar-refractivity contribution < 1.29 is 18.8 Å². The molecule has 4 heterocycles. The van der Waals surface area contributed by atoms with E-state index in [4.69, 9.17) is 11.6 Å². The van der Waals surface area contributed by atoms with E-state index in [9.17, 15) is 18.8 Å². The Labute approximate surface area is 176 Å². The van der Waals surface area contributed by atoms with Crippen LogP contribution in [-0.2, 0) is 19.9 Å². The van der Waals surface area contributed by atoms with Crippen molar-refractivity contribution in [1.29, 1.82) is 0 Å². The summed E-state index contributed by atoms with van der Waals surface area (Å²) in [6.07, 6.45) is 1.53. The summed E-state index contributed by atoms with van der Waals surface area (Å²) in [5.41, 5.74) is 0.0160. The van der Waals surface area contributed by atoms with Crippen molar-refractivity contribution in [3.05, 3.63) is 58.9 Å². The molecule has 0 radical (unpaired) electrons. The maximum Gasteiger partial charge on any atom is 0.250 e. The molecule has 3 fully saturated rings. The quantitative estimate of drug-likeness (QED) is 0.713. The second-order valence-corrected chi connectivity index (χ2v) is 8.74. The van der Waals surface area contributed by atoms with Gasteiger partial charge in [-0.1, -0.05) is 11.6 Å². The Morgan fingerprint density at radius 3 is 2.60 bits per heavy atom. The number of nitrogens with zero attached hydrogens (tertiary/aromatic N) is 2. The van der Waals surface area contributed by atoms with Crippen LogP contribution in [0, 0.1) is 17.7 Å². The van der Waals surface area contributed by atoms with Gasteiger partial charge in [-0.2, -0.15) is 0 Å². The Kier molecular flexibility index (Phi) is 3.54. The number of hydrogen-bond acceptors (Lipinski definition) is 4. The highest BCUT2D eigenvalue weighted by Crippen LogP contribution is 2.60. The smallest absolute Gasteiger partial charge is 0.250 e. The summed E-state index contributed by atoms with van der Waals surface area (Å²) in [6, 6.07) is 10.4. The number of carbonyl (C=O) groups excluding carboxylic acids is 3. The molecular formula is C22H17ClFN3O3. The highest BCUT2D eigenvalue weighted by molar-refractivity contribution is 6.31. The van der Waals surface area contributed by atoms with Gasteiger partial charge in [0.25, 0.3) is 0 Å². The van der Waals surface area contributed by atoms with Crippen molar-refractivity contribution in [2.45, 2.75) is 24.4 Å². The van der Waals surface area contributed by atoms with Gasteiger partial charge in [-0.3, -0.25) is 19.3 Å². The molecule has 2 aromatic rings. The number of rotatable bonds is 1. The van der Waals surface area contributed by atoms with Crippen LogP contribution in [0.4, 0.5) is 15.8 Å². The van der Waals surface area contributed by atoms with Crippen LogP contribution in [-0.4, -0.2) is 35.2 Å². The van der Waals surface area contributed by atoms with Gasteiger partial charge in [-0.25, -0.2) is 9.29 Å². The number of benzene rings is 2. The third kappa shape index (κ3) is 1.99. The summed E-state index contributed by atoms with van der Waals surface area (Å²) < 4.78 is 14.2. The normalized spacial score (nSPS) is 32.0. The summed E-state index contributed by atoms with van der Waals surface area (Å²) in [4.78, 5) is 43.7. The van der Waals surface area contributed by atoms with E-state index >= 15 is 0 Å².